The van der Waals surface area contributed by atoms with Gasteiger partial charge in [0.15, 0.2) is 0 Å². The Morgan fingerprint density at radius 2 is 1.86 bits per heavy atom. The molecule has 1 aromatic rings. The minimum atomic E-state index is -0.693. The van der Waals surface area contributed by atoms with Gasteiger partial charge in [0.25, 0.3) is 5.91 Å². The number of carbonyl (C=O) groups excluding carboxylic acids is 2. The third-order valence-electron chi connectivity index (χ3n) is 4.58. The fourth-order valence-corrected chi connectivity index (χ4v) is 3.18. The Labute approximate surface area is 131 Å². The molecule has 0 bridgehead atoms. The molecule has 2 amide bonds. The van der Waals surface area contributed by atoms with Crippen LogP contribution in [0, 0.1) is 22.7 Å². The molecule has 0 aromatic heterocycles. The molecular formula is C18H22N2O2. The number of rotatable bonds is 4. The summed E-state index contributed by atoms with van der Waals surface area (Å²) in [6, 6.07) is 11.0. The van der Waals surface area contributed by atoms with E-state index in [9.17, 15) is 14.9 Å². The third kappa shape index (κ3) is 3.94. The molecule has 0 saturated heterocycles. The van der Waals surface area contributed by atoms with Gasteiger partial charge in [-0.3, -0.25) is 14.9 Å². The molecule has 1 N–H and O–H groups in total. The van der Waals surface area contributed by atoms with Crippen LogP contribution in [0.5, 0.6) is 0 Å². The van der Waals surface area contributed by atoms with Crippen LogP contribution in [-0.2, 0) is 4.79 Å². The highest BCUT2D eigenvalue weighted by Crippen LogP contribution is 2.40. The maximum absolute atomic E-state index is 12.2. The number of hydrogen-bond acceptors (Lipinski definition) is 3. The van der Waals surface area contributed by atoms with Crippen molar-refractivity contribution in [3.05, 3.63) is 35.9 Å². The van der Waals surface area contributed by atoms with Crippen LogP contribution in [0.3, 0.4) is 0 Å². The predicted molar refractivity (Wildman–Crippen MR) is 83.8 cm³/mol. The molecule has 1 saturated carbocycles. The van der Waals surface area contributed by atoms with E-state index in [2.05, 4.69) is 11.4 Å². The van der Waals surface area contributed by atoms with Crippen LogP contribution in [0.25, 0.3) is 0 Å². The van der Waals surface area contributed by atoms with Crippen molar-refractivity contribution in [1.29, 1.82) is 5.26 Å². The van der Waals surface area contributed by atoms with Crippen LogP contribution in [0.15, 0.2) is 30.3 Å². The molecule has 2 rings (SSSR count). The second-order valence-corrected chi connectivity index (χ2v) is 6.28. The number of carbonyl (C=O) groups is 2. The van der Waals surface area contributed by atoms with E-state index in [-0.39, 0.29) is 18.2 Å². The Morgan fingerprint density at radius 1 is 1.23 bits per heavy atom. The average molecular weight is 298 g/mol. The van der Waals surface area contributed by atoms with Crippen molar-refractivity contribution in [3.63, 3.8) is 0 Å². The quantitative estimate of drug-likeness (QED) is 0.925. The number of hydrogen-bond donors (Lipinski definition) is 1. The molecule has 0 aliphatic heterocycles. The lowest BCUT2D eigenvalue weighted by Crippen LogP contribution is -2.37. The summed E-state index contributed by atoms with van der Waals surface area (Å²) in [5.74, 6) is -0.540. The van der Waals surface area contributed by atoms with E-state index in [1.54, 1.807) is 24.3 Å². The predicted octanol–water partition coefficient (Wildman–Crippen LogP) is 3.44. The van der Waals surface area contributed by atoms with E-state index in [0.717, 1.165) is 25.7 Å². The van der Waals surface area contributed by atoms with E-state index in [1.807, 2.05) is 13.0 Å². The summed E-state index contributed by atoms with van der Waals surface area (Å²) in [6.07, 6.45) is 5.50. The summed E-state index contributed by atoms with van der Waals surface area (Å²) < 4.78 is 0. The van der Waals surface area contributed by atoms with Crippen LogP contribution >= 0.6 is 0 Å². The first-order valence-electron chi connectivity index (χ1n) is 7.85. The van der Waals surface area contributed by atoms with Gasteiger partial charge >= 0.3 is 0 Å². The van der Waals surface area contributed by atoms with Gasteiger partial charge in [0.05, 0.1) is 11.5 Å². The Balaban J connectivity index is 1.97. The molecule has 0 spiro atoms. The topological polar surface area (TPSA) is 70.0 Å². The molecule has 22 heavy (non-hydrogen) atoms. The summed E-state index contributed by atoms with van der Waals surface area (Å²) in [4.78, 5) is 24.2. The average Bonchev–Trinajstić information content (AvgIpc) is 2.56. The van der Waals surface area contributed by atoms with Crippen molar-refractivity contribution >= 4 is 11.8 Å². The van der Waals surface area contributed by atoms with E-state index in [0.29, 0.717) is 5.56 Å². The lowest BCUT2D eigenvalue weighted by atomic mass is 9.69. The molecule has 1 aromatic carbocycles. The maximum atomic E-state index is 12.2. The highest BCUT2D eigenvalue weighted by Gasteiger charge is 2.37. The molecule has 1 aliphatic carbocycles. The highest BCUT2D eigenvalue weighted by molar-refractivity contribution is 6.04. The maximum Gasteiger partial charge on any atom is 0.257 e. The van der Waals surface area contributed by atoms with Crippen molar-refractivity contribution < 1.29 is 9.59 Å². The van der Waals surface area contributed by atoms with E-state index in [4.69, 9.17) is 0 Å². The fourth-order valence-electron chi connectivity index (χ4n) is 3.18. The lowest BCUT2D eigenvalue weighted by Gasteiger charge is -2.33. The third-order valence-corrected chi connectivity index (χ3v) is 4.58. The van der Waals surface area contributed by atoms with Gasteiger partial charge in [0.1, 0.15) is 0 Å². The van der Waals surface area contributed by atoms with Crippen LogP contribution in [0.1, 0.15) is 55.8 Å². The van der Waals surface area contributed by atoms with Crippen molar-refractivity contribution in [2.75, 3.05) is 0 Å². The summed E-state index contributed by atoms with van der Waals surface area (Å²) in [7, 11) is 0. The fraction of sp³-hybridized carbons (Fsp3) is 0.500. The summed E-state index contributed by atoms with van der Waals surface area (Å²) in [5, 5.41) is 11.9. The Morgan fingerprint density at radius 3 is 2.45 bits per heavy atom. The summed E-state index contributed by atoms with van der Waals surface area (Å²) in [5.41, 5.74) is -0.242. The van der Waals surface area contributed by atoms with Gasteiger partial charge in [-0.1, -0.05) is 37.5 Å². The van der Waals surface area contributed by atoms with E-state index >= 15 is 0 Å². The summed E-state index contributed by atoms with van der Waals surface area (Å²) in [6.45, 7) is 1.84. The van der Waals surface area contributed by atoms with Gasteiger partial charge in [-0.2, -0.15) is 5.26 Å². The number of imide groups is 1. The first kappa shape index (κ1) is 16.2. The second-order valence-electron chi connectivity index (χ2n) is 6.28. The SMILES string of the molecule is C[C@@](C#N)(CC(=O)NC(=O)c1ccccc1)C1CCCCC1. The standard InChI is InChI=1S/C18H22N2O2/c1-18(13-19,15-10-6-3-7-11-15)12-16(21)20-17(22)14-8-4-2-5-9-14/h2,4-5,8-9,15H,3,6-7,10-12H2,1H3,(H,20,21,22)/t18-/m0/s1. The van der Waals surface area contributed by atoms with Crippen LogP contribution in [0.4, 0.5) is 0 Å². The lowest BCUT2D eigenvalue weighted by molar-refractivity contribution is -0.122. The van der Waals surface area contributed by atoms with Gasteiger partial charge in [-0.25, -0.2) is 0 Å². The molecule has 0 unspecified atom stereocenters. The van der Waals surface area contributed by atoms with Gasteiger partial charge in [-0.15, -0.1) is 0 Å². The van der Waals surface area contributed by atoms with Gasteiger partial charge < -0.3 is 0 Å². The van der Waals surface area contributed by atoms with Crippen molar-refractivity contribution in [3.8, 4) is 6.07 Å². The smallest absolute Gasteiger partial charge is 0.257 e. The number of nitrogens with one attached hydrogen (secondary N) is 1. The minimum Gasteiger partial charge on any atom is -0.292 e. The minimum absolute atomic E-state index is 0.0761. The Bertz CT molecular complexity index is 570. The monoisotopic (exact) mass is 298 g/mol. The Kier molecular flexibility index (Phi) is 5.32. The van der Waals surface area contributed by atoms with Crippen LogP contribution < -0.4 is 5.32 Å². The van der Waals surface area contributed by atoms with Crippen LogP contribution in [0.2, 0.25) is 0 Å². The van der Waals surface area contributed by atoms with Crippen molar-refractivity contribution in [1.82, 2.24) is 5.32 Å². The first-order valence-corrected chi connectivity index (χ1v) is 7.85. The molecule has 1 fully saturated rings. The van der Waals surface area contributed by atoms with Crippen molar-refractivity contribution in [2.45, 2.75) is 45.4 Å². The zero-order valence-corrected chi connectivity index (χ0v) is 13.0. The molecule has 116 valence electrons. The molecule has 4 nitrogen and oxygen atoms in total. The van der Waals surface area contributed by atoms with Gasteiger partial charge in [-0.05, 0) is 37.8 Å². The first-order chi connectivity index (χ1) is 10.5. The second kappa shape index (κ2) is 7.22. The normalized spacial score (nSPS) is 18.0. The molecule has 1 atom stereocenters. The van der Waals surface area contributed by atoms with Gasteiger partial charge in [0, 0.05) is 12.0 Å². The number of amides is 2. The molecule has 1 aliphatic rings. The van der Waals surface area contributed by atoms with Crippen LogP contribution in [-0.4, -0.2) is 11.8 Å². The molecule has 4 heteroatoms. The van der Waals surface area contributed by atoms with Gasteiger partial charge in [0.2, 0.25) is 5.91 Å². The number of nitriles is 1. The largest absolute Gasteiger partial charge is 0.292 e. The number of benzene rings is 1. The zero-order valence-electron chi connectivity index (χ0n) is 13.0. The zero-order chi connectivity index (χ0) is 16.0. The van der Waals surface area contributed by atoms with E-state index in [1.165, 1.54) is 6.42 Å². The van der Waals surface area contributed by atoms with Crippen molar-refractivity contribution in [2.24, 2.45) is 11.3 Å². The molecule has 0 radical (unpaired) electrons. The summed E-state index contributed by atoms with van der Waals surface area (Å²) >= 11 is 0. The molecule has 0 heterocycles. The molecular weight excluding hydrogens is 276 g/mol. The highest BCUT2D eigenvalue weighted by atomic mass is 16.2. The van der Waals surface area contributed by atoms with E-state index < -0.39 is 11.3 Å². The number of nitrogens with zero attached hydrogens (tertiary/aromatic N) is 1. The Hall–Kier alpha value is -2.15.